The van der Waals surface area contributed by atoms with Crippen molar-refractivity contribution in [2.24, 2.45) is 0 Å². The Morgan fingerprint density at radius 1 is 1.06 bits per heavy atom. The number of phosphoric ester groups is 2. The molecule has 0 saturated heterocycles. The van der Waals surface area contributed by atoms with Gasteiger partial charge in [0.25, 0.3) is 0 Å². The Morgan fingerprint density at radius 2 is 1.53 bits per heavy atom. The Hall–Kier alpha value is -0.0000000000000000416. The molecule has 0 aromatic carbocycles. The summed E-state index contributed by atoms with van der Waals surface area (Å²) < 4.78 is 46.5. The summed E-state index contributed by atoms with van der Waals surface area (Å²) in [5, 5.41) is 0. The van der Waals surface area contributed by atoms with E-state index < -0.39 is 15.6 Å². The van der Waals surface area contributed by atoms with Crippen molar-refractivity contribution in [2.45, 2.75) is 13.3 Å². The minimum Gasteiger partial charge on any atom is -0.290 e. The van der Waals surface area contributed by atoms with Gasteiger partial charge in [-0.25, -0.2) is 9.13 Å². The molecule has 0 aliphatic heterocycles. The fourth-order valence-electron chi connectivity index (χ4n) is 0.705. The highest BCUT2D eigenvalue weighted by Gasteiger charge is 2.38. The van der Waals surface area contributed by atoms with Gasteiger partial charge in [-0.15, -0.1) is 6.58 Å². The van der Waals surface area contributed by atoms with Gasteiger partial charge in [-0.3, -0.25) is 18.1 Å². The van der Waals surface area contributed by atoms with E-state index in [1.165, 1.54) is 0 Å². The van der Waals surface area contributed by atoms with Crippen LogP contribution in [0.2, 0.25) is 0 Å². The molecule has 1 atom stereocenters. The predicted molar refractivity (Wildman–Crippen MR) is 62.7 cm³/mol. The molecule has 0 rings (SSSR count). The first-order valence-electron chi connectivity index (χ1n) is 4.68. The van der Waals surface area contributed by atoms with Gasteiger partial charge in [0, 0.05) is 21.3 Å². The molecule has 17 heavy (non-hydrogen) atoms. The van der Waals surface area contributed by atoms with Gasteiger partial charge in [-0.1, -0.05) is 5.57 Å². The molecular weight excluding hydrogens is 270 g/mol. The van der Waals surface area contributed by atoms with Crippen molar-refractivity contribution in [3.8, 4) is 0 Å². The van der Waals surface area contributed by atoms with E-state index in [9.17, 15) is 9.13 Å². The first-order valence-corrected chi connectivity index (χ1v) is 7.60. The first kappa shape index (κ1) is 17.0. The van der Waals surface area contributed by atoms with Gasteiger partial charge >= 0.3 is 15.6 Å². The Bertz CT molecular complexity index is 333. The second-order valence-corrected chi connectivity index (χ2v) is 6.86. The normalized spacial score (nSPS) is 15.5. The number of hydrogen-bond donors (Lipinski definition) is 0. The standard InChI is InChI=1S/C8H18O7P2/c1-8(2)6-7-14-17(10,13-5)15-16(9,11-3)12-4/h1,6-7H2,2-5H3. The van der Waals surface area contributed by atoms with Crippen LogP contribution in [0.15, 0.2) is 12.2 Å². The highest BCUT2D eigenvalue weighted by molar-refractivity contribution is 7.62. The molecule has 0 aliphatic rings. The van der Waals surface area contributed by atoms with Gasteiger partial charge in [0.1, 0.15) is 0 Å². The SMILES string of the molecule is C=C(C)CCOP(=O)(OC)OP(=O)(OC)OC. The van der Waals surface area contributed by atoms with E-state index in [1.807, 2.05) is 0 Å². The average Bonchev–Trinajstić information content (AvgIpc) is 2.28. The summed E-state index contributed by atoms with van der Waals surface area (Å²) in [5.74, 6) is 0. The molecule has 0 N–H and O–H groups in total. The Morgan fingerprint density at radius 3 is 1.88 bits per heavy atom. The lowest BCUT2D eigenvalue weighted by Gasteiger charge is -2.19. The number of rotatable bonds is 9. The van der Waals surface area contributed by atoms with Crippen LogP contribution >= 0.6 is 15.6 Å². The van der Waals surface area contributed by atoms with E-state index >= 15 is 0 Å². The van der Waals surface area contributed by atoms with Crippen LogP contribution in [0.3, 0.4) is 0 Å². The smallest absolute Gasteiger partial charge is 0.290 e. The van der Waals surface area contributed by atoms with Gasteiger partial charge in [0.05, 0.1) is 6.61 Å². The summed E-state index contributed by atoms with van der Waals surface area (Å²) >= 11 is 0. The van der Waals surface area contributed by atoms with Crippen molar-refractivity contribution in [1.29, 1.82) is 0 Å². The monoisotopic (exact) mass is 288 g/mol. The third kappa shape index (κ3) is 6.48. The van der Waals surface area contributed by atoms with Crippen molar-refractivity contribution < 1.29 is 31.5 Å². The molecule has 0 aliphatic carbocycles. The minimum absolute atomic E-state index is 0.0634. The lowest BCUT2D eigenvalue weighted by atomic mass is 10.3. The van der Waals surface area contributed by atoms with Crippen LogP contribution in [0.5, 0.6) is 0 Å². The van der Waals surface area contributed by atoms with Crippen molar-refractivity contribution in [2.75, 3.05) is 27.9 Å². The Balaban J connectivity index is 4.52. The zero-order chi connectivity index (χ0) is 13.5. The van der Waals surface area contributed by atoms with Crippen molar-refractivity contribution in [3.63, 3.8) is 0 Å². The first-order chi connectivity index (χ1) is 7.81. The molecule has 102 valence electrons. The van der Waals surface area contributed by atoms with Crippen LogP contribution in [-0.4, -0.2) is 27.9 Å². The summed E-state index contributed by atoms with van der Waals surface area (Å²) in [5.41, 5.74) is 0.842. The lowest BCUT2D eigenvalue weighted by molar-refractivity contribution is 0.143. The molecule has 0 saturated carbocycles. The van der Waals surface area contributed by atoms with E-state index in [1.54, 1.807) is 6.92 Å². The van der Waals surface area contributed by atoms with Crippen LogP contribution in [0, 0.1) is 0 Å². The summed E-state index contributed by atoms with van der Waals surface area (Å²) in [6.45, 7) is 5.50. The molecule has 7 nitrogen and oxygen atoms in total. The summed E-state index contributed by atoms with van der Waals surface area (Å²) in [6.07, 6.45) is 0.473. The van der Waals surface area contributed by atoms with Gasteiger partial charge in [-0.05, 0) is 13.3 Å². The van der Waals surface area contributed by atoms with Gasteiger partial charge in [0.2, 0.25) is 0 Å². The maximum absolute atomic E-state index is 11.9. The molecule has 9 heteroatoms. The average molecular weight is 288 g/mol. The van der Waals surface area contributed by atoms with Crippen molar-refractivity contribution in [1.82, 2.24) is 0 Å². The molecule has 0 radical (unpaired) electrons. The second kappa shape index (κ2) is 7.44. The van der Waals surface area contributed by atoms with Gasteiger partial charge in [0.15, 0.2) is 0 Å². The summed E-state index contributed by atoms with van der Waals surface area (Å²) in [4.78, 5) is 0. The lowest BCUT2D eigenvalue weighted by Crippen LogP contribution is -2.01. The summed E-state index contributed by atoms with van der Waals surface area (Å²) in [6, 6.07) is 0. The molecule has 0 spiro atoms. The third-order valence-corrected chi connectivity index (χ3v) is 5.09. The highest BCUT2D eigenvalue weighted by Crippen LogP contribution is 2.64. The maximum atomic E-state index is 11.9. The Kier molecular flexibility index (Phi) is 7.44. The van der Waals surface area contributed by atoms with E-state index in [0.717, 1.165) is 26.9 Å². The fourth-order valence-corrected chi connectivity index (χ4v) is 3.24. The maximum Gasteiger partial charge on any atom is 0.483 e. The molecule has 0 aromatic rings. The zero-order valence-electron chi connectivity index (χ0n) is 10.4. The van der Waals surface area contributed by atoms with Crippen LogP contribution < -0.4 is 0 Å². The van der Waals surface area contributed by atoms with Crippen LogP contribution in [0.1, 0.15) is 13.3 Å². The predicted octanol–water partition coefficient (Wildman–Crippen LogP) is 3.14. The molecule has 0 fully saturated rings. The van der Waals surface area contributed by atoms with Gasteiger partial charge < -0.3 is 0 Å². The van der Waals surface area contributed by atoms with Crippen molar-refractivity contribution >= 4 is 15.6 Å². The second-order valence-electron chi connectivity index (χ2n) is 3.06. The molecule has 0 aromatic heterocycles. The minimum atomic E-state index is -3.97. The largest absolute Gasteiger partial charge is 0.483 e. The van der Waals surface area contributed by atoms with Crippen LogP contribution in [0.25, 0.3) is 0 Å². The van der Waals surface area contributed by atoms with E-state index in [0.29, 0.717) is 6.42 Å². The zero-order valence-corrected chi connectivity index (χ0v) is 12.2. The fraction of sp³-hybridized carbons (Fsp3) is 0.750. The highest BCUT2D eigenvalue weighted by atomic mass is 31.3. The molecule has 0 amide bonds. The number of phosphoric acid groups is 2. The third-order valence-electron chi connectivity index (χ3n) is 1.65. The van der Waals surface area contributed by atoms with E-state index in [4.69, 9.17) is 4.52 Å². The van der Waals surface area contributed by atoms with E-state index in [-0.39, 0.29) is 6.61 Å². The topological polar surface area (TPSA) is 80.3 Å². The van der Waals surface area contributed by atoms with Crippen molar-refractivity contribution in [3.05, 3.63) is 12.2 Å². The van der Waals surface area contributed by atoms with E-state index in [2.05, 4.69) is 24.5 Å². The van der Waals surface area contributed by atoms with Gasteiger partial charge in [-0.2, -0.15) is 4.31 Å². The molecule has 0 bridgehead atoms. The Labute approximate surface area is 101 Å². The number of hydrogen-bond acceptors (Lipinski definition) is 7. The van der Waals surface area contributed by atoms with Crippen LogP contribution in [0.4, 0.5) is 0 Å². The van der Waals surface area contributed by atoms with Crippen LogP contribution in [-0.2, 0) is 31.5 Å². The molecule has 1 unspecified atom stereocenters. The molecular formula is C8H18O7P2. The summed E-state index contributed by atoms with van der Waals surface area (Å²) in [7, 11) is -4.58. The quantitative estimate of drug-likeness (QED) is 0.476. The molecule has 0 heterocycles.